The van der Waals surface area contributed by atoms with Gasteiger partial charge >= 0.3 is 0 Å². The highest BCUT2D eigenvalue weighted by Crippen LogP contribution is 2.37. The standard InChI is InChI=1S/C19H18ClN8OP/c1-30(2,29)12-27-11-14(8-22-27)16-9-21-18-19(23-16)28(25-24-18)17(20)13-5-6-15-4-3-7-26(15)10-13/h3-11,17H,12H2,1-2H3. The van der Waals surface area contributed by atoms with Gasteiger partial charge in [-0.05, 0) is 31.5 Å². The maximum Gasteiger partial charge on any atom is 0.221 e. The summed E-state index contributed by atoms with van der Waals surface area (Å²) < 4.78 is 17.3. The Morgan fingerprint density at radius 3 is 2.87 bits per heavy atom. The second-order valence-corrected chi connectivity index (χ2v) is 11.4. The van der Waals surface area contributed by atoms with E-state index in [9.17, 15) is 4.57 Å². The third-order valence-electron chi connectivity index (χ3n) is 4.64. The molecule has 5 aromatic heterocycles. The molecule has 5 rings (SSSR count). The van der Waals surface area contributed by atoms with Gasteiger partial charge in [-0.25, -0.2) is 14.6 Å². The first-order chi connectivity index (χ1) is 14.4. The first-order valence-corrected chi connectivity index (χ1v) is 12.5. The highest BCUT2D eigenvalue weighted by molar-refractivity contribution is 7.61. The molecule has 152 valence electrons. The maximum atomic E-state index is 12.1. The Labute approximate surface area is 176 Å². The molecule has 0 saturated carbocycles. The van der Waals surface area contributed by atoms with Crippen molar-refractivity contribution < 1.29 is 4.57 Å². The van der Waals surface area contributed by atoms with Crippen LogP contribution in [0.15, 0.2) is 55.2 Å². The predicted molar refractivity (Wildman–Crippen MR) is 115 cm³/mol. The molecule has 5 aromatic rings. The van der Waals surface area contributed by atoms with Crippen molar-refractivity contribution in [2.24, 2.45) is 0 Å². The third-order valence-corrected chi connectivity index (χ3v) is 6.05. The number of alkyl halides is 1. The van der Waals surface area contributed by atoms with Gasteiger partial charge in [0.05, 0.1) is 24.4 Å². The van der Waals surface area contributed by atoms with Crippen LogP contribution in [0.4, 0.5) is 0 Å². The van der Waals surface area contributed by atoms with Gasteiger partial charge in [0.2, 0.25) is 5.65 Å². The van der Waals surface area contributed by atoms with Crippen molar-refractivity contribution in [3.8, 4) is 11.3 Å². The SMILES string of the molecule is CP(C)(=O)Cn1cc(-c2cnc3nnn(C(Cl)c4ccc5cccn5c4)c3n2)cn1. The van der Waals surface area contributed by atoms with Gasteiger partial charge in [0.25, 0.3) is 0 Å². The Bertz CT molecular complexity index is 1410. The zero-order valence-corrected chi connectivity index (χ0v) is 17.9. The summed E-state index contributed by atoms with van der Waals surface area (Å²) in [7, 11) is -2.24. The summed E-state index contributed by atoms with van der Waals surface area (Å²) in [4.78, 5) is 9.04. The number of nitrogens with zero attached hydrogens (tertiary/aromatic N) is 8. The van der Waals surface area contributed by atoms with Crippen LogP contribution in [0.5, 0.6) is 0 Å². The van der Waals surface area contributed by atoms with Crippen molar-refractivity contribution in [2.45, 2.75) is 11.8 Å². The Kier molecular flexibility index (Phi) is 4.45. The Hall–Kier alpha value is -3.03. The lowest BCUT2D eigenvalue weighted by Gasteiger charge is -2.11. The van der Waals surface area contributed by atoms with Gasteiger partial charge in [-0.2, -0.15) is 5.10 Å². The highest BCUT2D eigenvalue weighted by atomic mass is 35.5. The minimum absolute atomic E-state index is 0.369. The fourth-order valence-corrected chi connectivity index (χ4v) is 4.39. The topological polar surface area (TPSA) is 95.8 Å². The number of halogens is 1. The van der Waals surface area contributed by atoms with Crippen LogP contribution in [0.25, 0.3) is 28.1 Å². The molecule has 0 aliphatic rings. The summed E-state index contributed by atoms with van der Waals surface area (Å²) in [5.41, 5.74) is 3.60. The van der Waals surface area contributed by atoms with E-state index in [-0.39, 0.29) is 0 Å². The molecular formula is C19H18ClN8OP. The van der Waals surface area contributed by atoms with Crippen LogP contribution in [0.1, 0.15) is 11.1 Å². The molecule has 0 bridgehead atoms. The van der Waals surface area contributed by atoms with Crippen LogP contribution in [-0.4, -0.2) is 52.5 Å². The molecule has 0 fully saturated rings. The van der Waals surface area contributed by atoms with Crippen molar-refractivity contribution >= 4 is 35.6 Å². The van der Waals surface area contributed by atoms with Gasteiger partial charge in [-0.1, -0.05) is 22.9 Å². The zero-order valence-electron chi connectivity index (χ0n) is 16.3. The van der Waals surface area contributed by atoms with E-state index in [0.29, 0.717) is 23.3 Å². The fraction of sp³-hybridized carbons (Fsp3) is 0.211. The zero-order chi connectivity index (χ0) is 20.9. The van der Waals surface area contributed by atoms with Crippen LogP contribution in [-0.2, 0) is 10.9 Å². The fourth-order valence-electron chi connectivity index (χ4n) is 3.28. The molecule has 5 heterocycles. The Morgan fingerprint density at radius 2 is 2.03 bits per heavy atom. The van der Waals surface area contributed by atoms with Crippen molar-refractivity contribution in [1.82, 2.24) is 39.1 Å². The monoisotopic (exact) mass is 440 g/mol. The van der Waals surface area contributed by atoms with Gasteiger partial charge in [-0.15, -0.1) is 5.10 Å². The minimum atomic E-state index is -2.24. The average Bonchev–Trinajstić information content (AvgIpc) is 3.44. The molecule has 1 atom stereocenters. The van der Waals surface area contributed by atoms with Crippen LogP contribution in [0.2, 0.25) is 0 Å². The number of hydrogen-bond donors (Lipinski definition) is 0. The Balaban J connectivity index is 1.52. The molecule has 0 amide bonds. The van der Waals surface area contributed by atoms with Crippen LogP contribution < -0.4 is 0 Å². The maximum absolute atomic E-state index is 12.1. The largest absolute Gasteiger partial charge is 0.323 e. The van der Waals surface area contributed by atoms with Crippen molar-refractivity contribution in [3.63, 3.8) is 0 Å². The molecule has 0 saturated heterocycles. The van der Waals surface area contributed by atoms with Gasteiger partial charge < -0.3 is 8.97 Å². The van der Waals surface area contributed by atoms with Crippen LogP contribution in [0, 0.1) is 0 Å². The molecule has 0 aliphatic heterocycles. The third kappa shape index (κ3) is 3.51. The molecule has 0 spiro atoms. The van der Waals surface area contributed by atoms with E-state index in [4.69, 9.17) is 11.6 Å². The molecular weight excluding hydrogens is 423 g/mol. The number of aromatic nitrogens is 8. The molecule has 0 aromatic carbocycles. The van der Waals surface area contributed by atoms with Gasteiger partial charge in [0.1, 0.15) is 7.14 Å². The molecule has 0 N–H and O–H groups in total. The Morgan fingerprint density at radius 1 is 1.17 bits per heavy atom. The van der Waals surface area contributed by atoms with Crippen molar-refractivity contribution in [1.29, 1.82) is 0 Å². The van der Waals surface area contributed by atoms with Gasteiger partial charge in [0.15, 0.2) is 11.1 Å². The van der Waals surface area contributed by atoms with Gasteiger partial charge in [-0.3, -0.25) is 4.68 Å². The van der Waals surface area contributed by atoms with E-state index in [2.05, 4.69) is 25.4 Å². The smallest absolute Gasteiger partial charge is 0.221 e. The summed E-state index contributed by atoms with van der Waals surface area (Å²) in [6.07, 6.45) is 9.39. The summed E-state index contributed by atoms with van der Waals surface area (Å²) >= 11 is 6.73. The first kappa shape index (κ1) is 19.0. The number of fused-ring (bicyclic) bond motifs is 2. The van der Waals surface area contributed by atoms with E-state index in [1.165, 1.54) is 0 Å². The lowest BCUT2D eigenvalue weighted by molar-refractivity contribution is 0.569. The normalized spacial score (nSPS) is 13.3. The predicted octanol–water partition coefficient (Wildman–Crippen LogP) is 3.70. The lowest BCUT2D eigenvalue weighted by Crippen LogP contribution is -2.08. The number of rotatable bonds is 5. The van der Waals surface area contributed by atoms with E-state index < -0.39 is 12.6 Å². The summed E-state index contributed by atoms with van der Waals surface area (Å²) in [6.45, 7) is 3.46. The van der Waals surface area contributed by atoms with Crippen LogP contribution >= 0.6 is 18.7 Å². The minimum Gasteiger partial charge on any atom is -0.323 e. The van der Waals surface area contributed by atoms with E-state index in [1.54, 1.807) is 35.1 Å². The molecule has 1 unspecified atom stereocenters. The molecule has 30 heavy (non-hydrogen) atoms. The van der Waals surface area contributed by atoms with E-state index in [0.717, 1.165) is 16.6 Å². The van der Waals surface area contributed by atoms with Crippen molar-refractivity contribution in [3.05, 3.63) is 60.8 Å². The van der Waals surface area contributed by atoms with Crippen molar-refractivity contribution in [2.75, 3.05) is 13.3 Å². The second kappa shape index (κ2) is 7.04. The molecule has 0 aliphatic carbocycles. The quantitative estimate of drug-likeness (QED) is 0.305. The molecule has 0 radical (unpaired) electrons. The first-order valence-electron chi connectivity index (χ1n) is 9.23. The molecule has 9 nitrogen and oxygen atoms in total. The number of pyridine rings is 1. The summed E-state index contributed by atoms with van der Waals surface area (Å²) in [5, 5.41) is 12.6. The molecule has 11 heteroatoms. The van der Waals surface area contributed by atoms with Crippen LogP contribution in [0.3, 0.4) is 0 Å². The lowest BCUT2D eigenvalue weighted by atomic mass is 10.2. The summed E-state index contributed by atoms with van der Waals surface area (Å²) in [5.74, 6) is 0. The van der Waals surface area contributed by atoms with Gasteiger partial charge in [0, 0.05) is 35.2 Å². The summed E-state index contributed by atoms with van der Waals surface area (Å²) in [6, 6.07) is 7.94. The average molecular weight is 441 g/mol. The second-order valence-electron chi connectivity index (χ2n) is 7.56. The number of hydrogen-bond acceptors (Lipinski definition) is 6. The van der Waals surface area contributed by atoms with E-state index >= 15 is 0 Å². The van der Waals surface area contributed by atoms with E-state index in [1.807, 2.05) is 47.3 Å². The highest BCUT2D eigenvalue weighted by Gasteiger charge is 2.19.